The maximum Gasteiger partial charge on any atom is 0.464 e. The Morgan fingerprint density at radius 2 is 1.95 bits per heavy atom. The van der Waals surface area contributed by atoms with Gasteiger partial charge in [-0.2, -0.15) is 31.8 Å². The average molecular weight is 615 g/mol. The second kappa shape index (κ2) is 11.4. The van der Waals surface area contributed by atoms with E-state index >= 15 is 4.39 Å². The maximum atomic E-state index is 15.3. The number of halogens is 7. The van der Waals surface area contributed by atoms with Crippen LogP contribution in [0.2, 0.25) is 5.02 Å². The molecule has 5 rings (SSSR count). The van der Waals surface area contributed by atoms with E-state index in [0.29, 0.717) is 22.4 Å². The van der Waals surface area contributed by atoms with Gasteiger partial charge in [0.05, 0.1) is 45.9 Å². The molecular weight excluding hydrogens is 596 g/mol. The van der Waals surface area contributed by atoms with Crippen molar-refractivity contribution in [3.8, 4) is 22.5 Å². The lowest BCUT2D eigenvalue weighted by Crippen LogP contribution is -2.36. The molecule has 1 aromatic carbocycles. The van der Waals surface area contributed by atoms with Crippen molar-refractivity contribution in [1.29, 1.82) is 0 Å². The first-order valence-electron chi connectivity index (χ1n) is 12.0. The number of alkyl halides is 5. The van der Waals surface area contributed by atoms with Gasteiger partial charge in [0.25, 0.3) is 0 Å². The van der Waals surface area contributed by atoms with Gasteiger partial charge in [0.15, 0.2) is 23.9 Å². The van der Waals surface area contributed by atoms with Gasteiger partial charge in [-0.25, -0.2) is 4.39 Å². The molecule has 1 atom stereocenters. The van der Waals surface area contributed by atoms with Gasteiger partial charge in [-0.1, -0.05) is 16.8 Å². The molecule has 0 bridgehead atoms. The highest BCUT2D eigenvalue weighted by molar-refractivity contribution is 6.31. The summed E-state index contributed by atoms with van der Waals surface area (Å²) in [5.74, 6) is -0.451. The van der Waals surface area contributed by atoms with Gasteiger partial charge in [-0.05, 0) is 25.1 Å². The Morgan fingerprint density at radius 1 is 1.17 bits per heavy atom. The summed E-state index contributed by atoms with van der Waals surface area (Å²) < 4.78 is 88.7. The smallest absolute Gasteiger partial charge is 0.464 e. The lowest BCUT2D eigenvalue weighted by Gasteiger charge is -2.18. The van der Waals surface area contributed by atoms with Crippen LogP contribution < -0.4 is 9.41 Å². The summed E-state index contributed by atoms with van der Waals surface area (Å²) in [7, 11) is 0. The van der Waals surface area contributed by atoms with Crippen molar-refractivity contribution in [2.24, 2.45) is 0 Å². The fraction of sp³-hybridized carbons (Fsp3) is 0.250. The monoisotopic (exact) mass is 614 g/mol. The predicted octanol–water partition coefficient (Wildman–Crippen LogP) is 4.10. The molecule has 4 heterocycles. The molecule has 0 aliphatic carbocycles. The first-order valence-corrected chi connectivity index (χ1v) is 12.4. The first-order chi connectivity index (χ1) is 19.9. The summed E-state index contributed by atoms with van der Waals surface area (Å²) in [4.78, 5) is 0. The van der Waals surface area contributed by atoms with Crippen LogP contribution in [-0.2, 0) is 10.9 Å². The average Bonchev–Trinajstić information content (AvgIpc) is 3.69. The Labute approximate surface area is 237 Å². The van der Waals surface area contributed by atoms with Crippen molar-refractivity contribution in [1.82, 2.24) is 34.9 Å². The number of hydrogen-bond acceptors (Lipinski definition) is 6. The molecule has 0 saturated heterocycles. The van der Waals surface area contributed by atoms with Crippen molar-refractivity contribution in [3.63, 3.8) is 0 Å². The van der Waals surface area contributed by atoms with Crippen LogP contribution in [-0.4, -0.2) is 48.1 Å². The lowest BCUT2D eigenvalue weighted by molar-refractivity contribution is -0.659. The molecule has 0 aliphatic heterocycles. The van der Waals surface area contributed by atoms with Crippen molar-refractivity contribution < 1.29 is 40.5 Å². The minimum Gasteiger partial charge on any atom is -0.618 e. The first kappa shape index (κ1) is 29.0. The second-order valence-electron chi connectivity index (χ2n) is 8.88. The van der Waals surface area contributed by atoms with Gasteiger partial charge in [0.2, 0.25) is 5.69 Å². The fourth-order valence-electron chi connectivity index (χ4n) is 4.32. The Hall–Kier alpha value is -4.51. The van der Waals surface area contributed by atoms with E-state index < -0.39 is 36.9 Å². The van der Waals surface area contributed by atoms with Crippen molar-refractivity contribution in [3.05, 3.63) is 88.6 Å². The van der Waals surface area contributed by atoms with Crippen molar-refractivity contribution >= 4 is 11.6 Å². The molecular formula is C24H19ClF6N9O2+. The van der Waals surface area contributed by atoms with Crippen LogP contribution >= 0.6 is 11.6 Å². The van der Waals surface area contributed by atoms with E-state index in [1.807, 2.05) is 0 Å². The topological polar surface area (TPSA) is 117 Å². The zero-order valence-corrected chi connectivity index (χ0v) is 22.1. The normalized spacial score (nSPS) is 12.8. The molecule has 0 amide bonds. The van der Waals surface area contributed by atoms with Gasteiger partial charge in [0.1, 0.15) is 18.2 Å². The quantitative estimate of drug-likeness (QED) is 0.152. The molecule has 220 valence electrons. The third kappa shape index (κ3) is 5.78. The van der Waals surface area contributed by atoms with Crippen molar-refractivity contribution in [2.45, 2.75) is 32.2 Å². The highest BCUT2D eigenvalue weighted by Gasteiger charge is 2.41. The maximum absolute atomic E-state index is 15.3. The minimum absolute atomic E-state index is 0.0317. The number of nitrogens with zero attached hydrogens (tertiary/aromatic N) is 8. The molecule has 0 saturated carbocycles. The summed E-state index contributed by atoms with van der Waals surface area (Å²) in [5, 5.41) is 30.3. The number of pyridine rings is 1. The van der Waals surface area contributed by atoms with Gasteiger partial charge >= 0.3 is 18.5 Å². The summed E-state index contributed by atoms with van der Waals surface area (Å²) >= 11 is 5.97. The fourth-order valence-corrected chi connectivity index (χ4v) is 4.47. The molecule has 4 aromatic heterocycles. The third-order valence-electron chi connectivity index (χ3n) is 6.27. The minimum atomic E-state index is -4.77. The number of aromatic nitrogens is 9. The third-order valence-corrected chi connectivity index (χ3v) is 6.56. The molecule has 0 fully saturated rings. The summed E-state index contributed by atoms with van der Waals surface area (Å²) in [6.45, 7) is -1.77. The van der Waals surface area contributed by atoms with E-state index in [4.69, 9.17) is 11.6 Å². The van der Waals surface area contributed by atoms with E-state index in [1.54, 1.807) is 17.7 Å². The zero-order valence-electron chi connectivity index (χ0n) is 21.3. The van der Waals surface area contributed by atoms with Gasteiger partial charge in [-0.3, -0.25) is 9.25 Å². The summed E-state index contributed by atoms with van der Waals surface area (Å²) in [6.07, 6.45) is 1.21. The second-order valence-corrected chi connectivity index (χ2v) is 9.29. The van der Waals surface area contributed by atoms with Crippen LogP contribution in [0.3, 0.4) is 0 Å². The summed E-state index contributed by atoms with van der Waals surface area (Å²) in [6, 6.07) is 4.15. The number of aryl methyl sites for hydroxylation is 1. The number of benzene rings is 1. The number of aromatic amines is 1. The lowest BCUT2D eigenvalue weighted by atomic mass is 10.0. The van der Waals surface area contributed by atoms with E-state index in [0.717, 1.165) is 16.9 Å². The molecule has 42 heavy (non-hydrogen) atoms. The van der Waals surface area contributed by atoms with E-state index in [9.17, 15) is 27.2 Å². The highest BCUT2D eigenvalue weighted by atomic mass is 35.5. The SMILES string of the molecule is Cc1nncn1-c1cnn([C@@H](CCOC(F)F)c2ccc(-c3c(-[n+]4cc(C(F)(F)F)n[nH]4)ccc(Cl)c3F)c[n+]2[O-])c1. The van der Waals surface area contributed by atoms with Crippen LogP contribution in [0.4, 0.5) is 26.3 Å². The van der Waals surface area contributed by atoms with Crippen molar-refractivity contribution in [2.75, 3.05) is 6.61 Å². The van der Waals surface area contributed by atoms with Crippen LogP contribution in [0.5, 0.6) is 0 Å². The molecule has 0 aliphatic rings. The molecule has 1 N–H and O–H groups in total. The predicted molar refractivity (Wildman–Crippen MR) is 131 cm³/mol. The summed E-state index contributed by atoms with van der Waals surface area (Å²) in [5.41, 5.74) is -1.13. The molecule has 5 aromatic rings. The standard InChI is InChI=1S/C24H18ClF6N9O2/c1-13-34-32-12-37(13)15-8-33-38(10-15)17(6-7-42-23(27)28)18-4-2-14(9-40(18)41)21-19(5-3-16(25)22(21)26)39-11-20(35-36-39)24(29,30)31/h2-5,8-12,17,23H,6-7H2,1H3/p+1/t17-/m0/s1. The number of ether oxygens (including phenoxy) is 1. The number of rotatable bonds is 9. The van der Waals surface area contributed by atoms with Crippen LogP contribution in [0.1, 0.15) is 29.7 Å². The Morgan fingerprint density at radius 3 is 2.60 bits per heavy atom. The van der Waals surface area contributed by atoms with Crippen LogP contribution in [0.15, 0.2) is 55.4 Å². The molecule has 0 spiro atoms. The van der Waals surface area contributed by atoms with E-state index in [1.165, 1.54) is 35.4 Å². The van der Waals surface area contributed by atoms with Crippen LogP contribution in [0, 0.1) is 17.9 Å². The highest BCUT2D eigenvalue weighted by Crippen LogP contribution is 2.33. The number of H-pyrrole nitrogens is 1. The van der Waals surface area contributed by atoms with Gasteiger partial charge in [-0.15, -0.1) is 14.9 Å². The molecule has 0 unspecified atom stereocenters. The largest absolute Gasteiger partial charge is 0.618 e. The van der Waals surface area contributed by atoms with Crippen LogP contribution in [0.25, 0.3) is 22.5 Å². The van der Waals surface area contributed by atoms with Gasteiger partial charge in [0, 0.05) is 12.5 Å². The van der Waals surface area contributed by atoms with Gasteiger partial charge < -0.3 is 9.94 Å². The Kier molecular flexibility index (Phi) is 7.87. The molecule has 0 radical (unpaired) electrons. The molecule has 18 heteroatoms. The Bertz CT molecular complexity index is 1720. The number of hydrogen-bond donors (Lipinski definition) is 1. The Balaban J connectivity index is 1.55. The number of nitrogens with one attached hydrogen (secondary N) is 1. The van der Waals surface area contributed by atoms with E-state index in [-0.39, 0.29) is 34.0 Å². The molecule has 11 nitrogen and oxygen atoms in total. The zero-order chi connectivity index (χ0) is 30.2. The van der Waals surface area contributed by atoms with E-state index in [2.05, 4.69) is 30.3 Å².